The maximum absolute atomic E-state index is 11.4. The molecule has 6 heteroatoms. The predicted molar refractivity (Wildman–Crippen MR) is 63.8 cm³/mol. The first-order valence-electron chi connectivity index (χ1n) is 5.07. The van der Waals surface area contributed by atoms with Crippen LogP contribution in [0.4, 0.5) is 5.69 Å². The molecule has 0 amide bonds. The Labute approximate surface area is 99.0 Å². The van der Waals surface area contributed by atoms with Gasteiger partial charge in [0, 0.05) is 13.6 Å². The topological polar surface area (TPSA) is 67.2 Å². The van der Waals surface area contributed by atoms with Gasteiger partial charge in [0.2, 0.25) is 0 Å². The van der Waals surface area contributed by atoms with Crippen molar-refractivity contribution in [3.05, 3.63) is 21.6 Å². The summed E-state index contributed by atoms with van der Waals surface area (Å²) in [5.74, 6) is 0.144. The first kappa shape index (κ1) is 13.0. The minimum absolute atomic E-state index is 0.0912. The molecule has 0 aliphatic carbocycles. The predicted octanol–water partition coefficient (Wildman–Crippen LogP) is 0.862. The highest BCUT2D eigenvalue weighted by molar-refractivity contribution is 6.32. The summed E-state index contributed by atoms with van der Waals surface area (Å²) < 4.78 is 1.16. The Hall–Kier alpha value is -1.07. The monoisotopic (exact) mass is 245 g/mol. The largest absolute Gasteiger partial charge is 0.391 e. The number of aromatic nitrogens is 2. The SMILES string of the molecule is CC(C)C(O)CNc1cnn(C)c(=O)c1Cl. The van der Waals surface area contributed by atoms with Crippen LogP contribution in [0.25, 0.3) is 0 Å². The molecule has 0 aromatic carbocycles. The second-order valence-electron chi connectivity index (χ2n) is 3.99. The third-order valence-corrected chi connectivity index (χ3v) is 2.71. The molecule has 0 spiro atoms. The van der Waals surface area contributed by atoms with Gasteiger partial charge < -0.3 is 10.4 Å². The van der Waals surface area contributed by atoms with E-state index in [0.29, 0.717) is 12.2 Å². The lowest BCUT2D eigenvalue weighted by atomic mass is 10.1. The van der Waals surface area contributed by atoms with E-state index < -0.39 is 6.10 Å². The van der Waals surface area contributed by atoms with Gasteiger partial charge in [0.15, 0.2) is 0 Å². The second kappa shape index (κ2) is 5.32. The molecule has 0 aliphatic rings. The zero-order chi connectivity index (χ0) is 12.3. The fourth-order valence-electron chi connectivity index (χ4n) is 1.08. The Balaban J connectivity index is 2.76. The summed E-state index contributed by atoms with van der Waals surface area (Å²) in [6, 6.07) is 0. The lowest BCUT2D eigenvalue weighted by Crippen LogP contribution is -2.27. The number of rotatable bonds is 4. The normalized spacial score (nSPS) is 12.9. The molecule has 1 rings (SSSR count). The first-order chi connectivity index (χ1) is 7.43. The van der Waals surface area contributed by atoms with Gasteiger partial charge in [-0.25, -0.2) is 4.68 Å². The Kier molecular flexibility index (Phi) is 4.32. The van der Waals surface area contributed by atoms with Crippen molar-refractivity contribution in [1.29, 1.82) is 0 Å². The zero-order valence-electron chi connectivity index (χ0n) is 9.57. The van der Waals surface area contributed by atoms with Crippen LogP contribution >= 0.6 is 11.6 Å². The van der Waals surface area contributed by atoms with Crippen molar-refractivity contribution < 1.29 is 5.11 Å². The van der Waals surface area contributed by atoms with E-state index in [1.165, 1.54) is 13.2 Å². The quantitative estimate of drug-likeness (QED) is 0.826. The van der Waals surface area contributed by atoms with Crippen LogP contribution in [0, 0.1) is 5.92 Å². The van der Waals surface area contributed by atoms with Crippen LogP contribution in [-0.2, 0) is 7.05 Å². The number of nitrogens with zero attached hydrogens (tertiary/aromatic N) is 2. The molecule has 1 heterocycles. The van der Waals surface area contributed by atoms with E-state index in [0.717, 1.165) is 4.68 Å². The van der Waals surface area contributed by atoms with Crippen molar-refractivity contribution in [3.8, 4) is 0 Å². The van der Waals surface area contributed by atoms with Crippen LogP contribution in [0.1, 0.15) is 13.8 Å². The molecule has 5 nitrogen and oxygen atoms in total. The van der Waals surface area contributed by atoms with Gasteiger partial charge in [0.25, 0.3) is 5.56 Å². The molecule has 0 bridgehead atoms. The molecule has 0 radical (unpaired) electrons. The molecule has 2 N–H and O–H groups in total. The van der Waals surface area contributed by atoms with Crippen molar-refractivity contribution in [2.45, 2.75) is 20.0 Å². The number of anilines is 1. The van der Waals surface area contributed by atoms with Crippen LogP contribution in [0.5, 0.6) is 0 Å². The van der Waals surface area contributed by atoms with E-state index in [-0.39, 0.29) is 16.5 Å². The standard InChI is InChI=1S/C10H16ClN3O2/c1-6(2)8(15)5-12-7-4-13-14(3)10(16)9(7)11/h4,6,8,12,15H,5H2,1-3H3. The Morgan fingerprint density at radius 1 is 1.62 bits per heavy atom. The van der Waals surface area contributed by atoms with Crippen molar-refractivity contribution in [2.75, 3.05) is 11.9 Å². The summed E-state index contributed by atoms with van der Waals surface area (Å²) >= 11 is 5.84. The number of hydrogen-bond acceptors (Lipinski definition) is 4. The summed E-state index contributed by atoms with van der Waals surface area (Å²) in [5, 5.41) is 16.4. The fourth-order valence-corrected chi connectivity index (χ4v) is 1.32. The molecule has 1 atom stereocenters. The van der Waals surface area contributed by atoms with Crippen LogP contribution in [0.2, 0.25) is 5.02 Å². The van der Waals surface area contributed by atoms with Crippen LogP contribution in [-0.4, -0.2) is 27.5 Å². The van der Waals surface area contributed by atoms with Crippen molar-refractivity contribution >= 4 is 17.3 Å². The molecule has 0 saturated carbocycles. The van der Waals surface area contributed by atoms with E-state index in [4.69, 9.17) is 11.6 Å². The highest BCUT2D eigenvalue weighted by atomic mass is 35.5. The van der Waals surface area contributed by atoms with Gasteiger partial charge in [0.05, 0.1) is 18.0 Å². The number of aliphatic hydroxyl groups is 1. The van der Waals surface area contributed by atoms with Gasteiger partial charge in [-0.2, -0.15) is 5.10 Å². The summed E-state index contributed by atoms with van der Waals surface area (Å²) in [7, 11) is 1.53. The van der Waals surface area contributed by atoms with Crippen molar-refractivity contribution in [1.82, 2.24) is 9.78 Å². The third kappa shape index (κ3) is 2.96. The molecule has 0 saturated heterocycles. The number of aryl methyl sites for hydroxylation is 1. The molecule has 1 aromatic rings. The van der Waals surface area contributed by atoms with Crippen LogP contribution in [0.15, 0.2) is 11.0 Å². The maximum Gasteiger partial charge on any atom is 0.287 e. The fraction of sp³-hybridized carbons (Fsp3) is 0.600. The summed E-state index contributed by atoms with van der Waals surface area (Å²) in [4.78, 5) is 11.4. The van der Waals surface area contributed by atoms with Crippen molar-refractivity contribution in [3.63, 3.8) is 0 Å². The molecular weight excluding hydrogens is 230 g/mol. The third-order valence-electron chi connectivity index (χ3n) is 2.35. The smallest absolute Gasteiger partial charge is 0.287 e. The number of nitrogens with one attached hydrogen (secondary N) is 1. The summed E-state index contributed by atoms with van der Waals surface area (Å²) in [6.45, 7) is 4.17. The molecule has 0 fully saturated rings. The van der Waals surface area contributed by atoms with Gasteiger partial charge in [-0.1, -0.05) is 25.4 Å². The Bertz CT molecular complexity index is 417. The van der Waals surface area contributed by atoms with Crippen LogP contribution in [0.3, 0.4) is 0 Å². The molecule has 1 aromatic heterocycles. The van der Waals surface area contributed by atoms with E-state index in [2.05, 4.69) is 10.4 Å². The van der Waals surface area contributed by atoms with Crippen LogP contribution < -0.4 is 10.9 Å². The Morgan fingerprint density at radius 3 is 2.81 bits per heavy atom. The van der Waals surface area contributed by atoms with Gasteiger partial charge in [-0.05, 0) is 5.92 Å². The van der Waals surface area contributed by atoms with Gasteiger partial charge >= 0.3 is 0 Å². The summed E-state index contributed by atoms with van der Waals surface area (Å²) in [6.07, 6.45) is 0.983. The minimum Gasteiger partial charge on any atom is -0.391 e. The number of halogens is 1. The number of hydrogen-bond donors (Lipinski definition) is 2. The first-order valence-corrected chi connectivity index (χ1v) is 5.45. The highest BCUT2D eigenvalue weighted by Gasteiger charge is 2.11. The van der Waals surface area contributed by atoms with Gasteiger partial charge in [-0.15, -0.1) is 0 Å². The summed E-state index contributed by atoms with van der Waals surface area (Å²) in [5.41, 5.74) is 0.0928. The highest BCUT2D eigenvalue weighted by Crippen LogP contribution is 2.15. The molecule has 0 aliphatic heterocycles. The van der Waals surface area contributed by atoms with E-state index in [1.807, 2.05) is 13.8 Å². The Morgan fingerprint density at radius 2 is 2.25 bits per heavy atom. The van der Waals surface area contributed by atoms with Gasteiger partial charge in [-0.3, -0.25) is 4.79 Å². The van der Waals surface area contributed by atoms with E-state index >= 15 is 0 Å². The average molecular weight is 246 g/mol. The van der Waals surface area contributed by atoms with E-state index in [9.17, 15) is 9.90 Å². The molecular formula is C10H16ClN3O2. The molecule has 90 valence electrons. The zero-order valence-corrected chi connectivity index (χ0v) is 10.3. The molecule has 1 unspecified atom stereocenters. The minimum atomic E-state index is -0.486. The molecule has 16 heavy (non-hydrogen) atoms. The van der Waals surface area contributed by atoms with Crippen molar-refractivity contribution in [2.24, 2.45) is 13.0 Å². The second-order valence-corrected chi connectivity index (χ2v) is 4.37. The maximum atomic E-state index is 11.4. The van der Waals surface area contributed by atoms with E-state index in [1.54, 1.807) is 0 Å². The lowest BCUT2D eigenvalue weighted by Gasteiger charge is -2.16. The average Bonchev–Trinajstić information content (AvgIpc) is 2.24. The lowest BCUT2D eigenvalue weighted by molar-refractivity contribution is 0.138. The van der Waals surface area contributed by atoms with Gasteiger partial charge in [0.1, 0.15) is 5.02 Å². The number of aliphatic hydroxyl groups excluding tert-OH is 1.